The number of nitrogens with zero attached hydrogens (tertiary/aromatic N) is 1. The molecule has 1 N–H and O–H groups in total. The predicted molar refractivity (Wildman–Crippen MR) is 91.4 cm³/mol. The minimum Gasteiger partial charge on any atom is -0.469 e. The average Bonchev–Trinajstić information content (AvgIpc) is 3.20. The maximum Gasteiger partial charge on any atom is 0.233 e. The van der Waals surface area contributed by atoms with Gasteiger partial charge >= 0.3 is 0 Å². The van der Waals surface area contributed by atoms with Crippen molar-refractivity contribution in [3.8, 4) is 0 Å². The zero-order valence-corrected chi connectivity index (χ0v) is 14.7. The first-order valence-corrected chi connectivity index (χ1v) is 9.23. The molecule has 3 rings (SSSR count). The molecule has 3 amide bonds. The van der Waals surface area contributed by atoms with E-state index >= 15 is 0 Å². The first-order valence-electron chi connectivity index (χ1n) is 9.23. The normalized spacial score (nSPS) is 24.3. The quantitative estimate of drug-likeness (QED) is 0.768. The number of likely N-dealkylation sites (tertiary alicyclic amines) is 1. The second-order valence-corrected chi connectivity index (χ2v) is 7.16. The van der Waals surface area contributed by atoms with E-state index in [1.54, 1.807) is 6.26 Å². The molecule has 1 saturated heterocycles. The van der Waals surface area contributed by atoms with Crippen molar-refractivity contribution in [2.75, 3.05) is 6.54 Å². The molecular weight excluding hydrogens is 320 g/mol. The summed E-state index contributed by atoms with van der Waals surface area (Å²) in [5, 5.41) is 2.93. The highest BCUT2D eigenvalue weighted by Gasteiger charge is 2.47. The molecule has 2 fully saturated rings. The number of hydrogen-bond acceptors (Lipinski definition) is 4. The summed E-state index contributed by atoms with van der Waals surface area (Å²) in [6.45, 7) is 2.14. The topological polar surface area (TPSA) is 79.6 Å². The Hall–Kier alpha value is -2.11. The molecule has 6 nitrogen and oxygen atoms in total. The zero-order chi connectivity index (χ0) is 17.8. The molecule has 2 heterocycles. The van der Waals surface area contributed by atoms with Crippen LogP contribution in [0.2, 0.25) is 0 Å². The van der Waals surface area contributed by atoms with Crippen LogP contribution in [0, 0.1) is 11.8 Å². The molecule has 3 unspecified atom stereocenters. The fourth-order valence-corrected chi connectivity index (χ4v) is 3.90. The molecule has 1 saturated carbocycles. The van der Waals surface area contributed by atoms with Gasteiger partial charge in [-0.3, -0.25) is 19.3 Å². The van der Waals surface area contributed by atoms with Gasteiger partial charge in [-0.2, -0.15) is 0 Å². The number of nitrogens with one attached hydrogen (secondary N) is 1. The molecule has 1 aliphatic carbocycles. The van der Waals surface area contributed by atoms with E-state index in [-0.39, 0.29) is 48.6 Å². The van der Waals surface area contributed by atoms with Gasteiger partial charge in [0.2, 0.25) is 17.7 Å². The number of carbonyl (C=O) groups is 3. The molecule has 1 aliphatic heterocycles. The molecule has 1 aromatic heterocycles. The third-order valence-electron chi connectivity index (χ3n) is 5.31. The van der Waals surface area contributed by atoms with E-state index < -0.39 is 0 Å². The van der Waals surface area contributed by atoms with E-state index in [1.807, 2.05) is 19.1 Å². The van der Waals surface area contributed by atoms with Gasteiger partial charge in [0.25, 0.3) is 0 Å². The van der Waals surface area contributed by atoms with Crippen LogP contribution in [0.5, 0.6) is 0 Å². The van der Waals surface area contributed by atoms with Gasteiger partial charge in [0.1, 0.15) is 5.76 Å². The third-order valence-corrected chi connectivity index (χ3v) is 5.31. The number of furan rings is 1. The van der Waals surface area contributed by atoms with Crippen LogP contribution in [0.25, 0.3) is 0 Å². The van der Waals surface area contributed by atoms with Crippen LogP contribution in [0.4, 0.5) is 0 Å². The van der Waals surface area contributed by atoms with Crippen molar-refractivity contribution in [1.29, 1.82) is 0 Å². The molecule has 2 aliphatic rings. The summed E-state index contributed by atoms with van der Waals surface area (Å²) in [5.41, 5.74) is 0. The number of fused-ring (bicyclic) bond motifs is 1. The summed E-state index contributed by atoms with van der Waals surface area (Å²) in [6.07, 6.45) is 7.00. The van der Waals surface area contributed by atoms with E-state index in [0.717, 1.165) is 44.3 Å². The lowest BCUT2D eigenvalue weighted by Crippen LogP contribution is -2.38. The van der Waals surface area contributed by atoms with Crippen molar-refractivity contribution in [2.45, 2.75) is 57.9 Å². The summed E-state index contributed by atoms with van der Waals surface area (Å²) in [6, 6.07) is 3.78. The minimum absolute atomic E-state index is 0.0187. The molecular formula is C19H26N2O4. The van der Waals surface area contributed by atoms with Crippen molar-refractivity contribution in [3.63, 3.8) is 0 Å². The van der Waals surface area contributed by atoms with Gasteiger partial charge in [0, 0.05) is 25.4 Å². The summed E-state index contributed by atoms with van der Waals surface area (Å²) in [7, 11) is 0. The van der Waals surface area contributed by atoms with Crippen LogP contribution < -0.4 is 5.32 Å². The number of aryl methyl sites for hydroxylation is 1. The van der Waals surface area contributed by atoms with Gasteiger partial charge in [-0.1, -0.05) is 12.8 Å². The average molecular weight is 346 g/mol. The minimum atomic E-state index is -0.142. The van der Waals surface area contributed by atoms with E-state index in [2.05, 4.69) is 5.32 Å². The standard InChI is InChI=1S/C19H26N2O4/c1-13(8-9-14-5-4-12-25-14)20-17(22)10-11-21-18(23)15-6-2-3-7-16(15)19(21)24/h4-5,12-13,15-16H,2-3,6-11H2,1H3,(H,20,22). The van der Waals surface area contributed by atoms with Crippen LogP contribution in [0.1, 0.15) is 51.2 Å². The Kier molecular flexibility index (Phi) is 5.56. The van der Waals surface area contributed by atoms with Gasteiger partial charge in [-0.15, -0.1) is 0 Å². The zero-order valence-electron chi connectivity index (χ0n) is 14.7. The van der Waals surface area contributed by atoms with Crippen LogP contribution in [-0.2, 0) is 20.8 Å². The number of carbonyl (C=O) groups excluding carboxylic acids is 3. The molecule has 1 aromatic rings. The Morgan fingerprint density at radius 3 is 2.56 bits per heavy atom. The lowest BCUT2D eigenvalue weighted by atomic mass is 9.81. The third kappa shape index (κ3) is 4.11. The fourth-order valence-electron chi connectivity index (χ4n) is 3.90. The van der Waals surface area contributed by atoms with Crippen LogP contribution in [0.15, 0.2) is 22.8 Å². The van der Waals surface area contributed by atoms with Gasteiger partial charge in [-0.25, -0.2) is 0 Å². The van der Waals surface area contributed by atoms with Crippen molar-refractivity contribution >= 4 is 17.7 Å². The molecule has 0 spiro atoms. The first-order chi connectivity index (χ1) is 12.1. The molecule has 3 atom stereocenters. The number of imide groups is 1. The molecule has 0 aromatic carbocycles. The second-order valence-electron chi connectivity index (χ2n) is 7.16. The summed E-state index contributed by atoms with van der Waals surface area (Å²) in [5.74, 6) is 0.342. The first kappa shape index (κ1) is 17.7. The fraction of sp³-hybridized carbons (Fsp3) is 0.632. The lowest BCUT2D eigenvalue weighted by Gasteiger charge is -2.19. The highest BCUT2D eigenvalue weighted by atomic mass is 16.3. The number of amides is 3. The Labute approximate surface area is 147 Å². The molecule has 0 bridgehead atoms. The Bertz CT molecular complexity index is 601. The lowest BCUT2D eigenvalue weighted by molar-refractivity contribution is -0.140. The Balaban J connectivity index is 1.42. The van der Waals surface area contributed by atoms with E-state index in [0.29, 0.717) is 0 Å². The van der Waals surface area contributed by atoms with E-state index in [4.69, 9.17) is 4.42 Å². The molecule has 0 radical (unpaired) electrons. The summed E-state index contributed by atoms with van der Waals surface area (Å²) < 4.78 is 5.28. The molecule has 136 valence electrons. The highest BCUT2D eigenvalue weighted by Crippen LogP contribution is 2.37. The van der Waals surface area contributed by atoms with Crippen molar-refractivity contribution in [2.24, 2.45) is 11.8 Å². The Morgan fingerprint density at radius 2 is 1.96 bits per heavy atom. The van der Waals surface area contributed by atoms with Gasteiger partial charge in [-0.05, 0) is 38.3 Å². The number of hydrogen-bond donors (Lipinski definition) is 1. The van der Waals surface area contributed by atoms with Gasteiger partial charge in [0.15, 0.2) is 0 Å². The maximum absolute atomic E-state index is 12.4. The predicted octanol–water partition coefficient (Wildman–Crippen LogP) is 2.28. The maximum atomic E-state index is 12.4. The SMILES string of the molecule is CC(CCc1ccco1)NC(=O)CCN1C(=O)C2CCCCC2C1=O. The van der Waals surface area contributed by atoms with Crippen molar-refractivity contribution in [1.82, 2.24) is 10.2 Å². The van der Waals surface area contributed by atoms with Crippen LogP contribution >= 0.6 is 0 Å². The van der Waals surface area contributed by atoms with E-state index in [9.17, 15) is 14.4 Å². The number of rotatable bonds is 7. The van der Waals surface area contributed by atoms with Crippen LogP contribution in [-0.4, -0.2) is 35.2 Å². The highest BCUT2D eigenvalue weighted by molar-refractivity contribution is 6.05. The van der Waals surface area contributed by atoms with Crippen molar-refractivity contribution in [3.05, 3.63) is 24.2 Å². The largest absolute Gasteiger partial charge is 0.469 e. The molecule has 25 heavy (non-hydrogen) atoms. The summed E-state index contributed by atoms with van der Waals surface area (Å²) in [4.78, 5) is 38.2. The van der Waals surface area contributed by atoms with Crippen molar-refractivity contribution < 1.29 is 18.8 Å². The smallest absolute Gasteiger partial charge is 0.233 e. The second kappa shape index (κ2) is 7.85. The van der Waals surface area contributed by atoms with Crippen LogP contribution in [0.3, 0.4) is 0 Å². The van der Waals surface area contributed by atoms with E-state index in [1.165, 1.54) is 4.90 Å². The monoisotopic (exact) mass is 346 g/mol. The van der Waals surface area contributed by atoms with Gasteiger partial charge in [0.05, 0.1) is 18.1 Å². The molecule has 6 heteroatoms. The van der Waals surface area contributed by atoms with Gasteiger partial charge < -0.3 is 9.73 Å². The summed E-state index contributed by atoms with van der Waals surface area (Å²) >= 11 is 0. The Morgan fingerprint density at radius 1 is 1.28 bits per heavy atom.